The molecule has 0 fully saturated rings. The number of nitrogens with one attached hydrogen (secondary N) is 1. The molecule has 1 amide bonds. The highest BCUT2D eigenvalue weighted by molar-refractivity contribution is 6.09. The van der Waals surface area contributed by atoms with Crippen LogP contribution in [-0.4, -0.2) is 33.7 Å². The minimum absolute atomic E-state index is 0.0322. The normalized spacial score (nSPS) is 12.3. The number of anilines is 1. The van der Waals surface area contributed by atoms with Crippen LogP contribution < -0.4 is 10.1 Å². The van der Waals surface area contributed by atoms with Crippen molar-refractivity contribution in [3.8, 4) is 11.8 Å². The molecule has 1 atom stereocenters. The molecule has 0 saturated heterocycles. The predicted octanol–water partition coefficient (Wildman–Crippen LogP) is 4.17. The smallest absolute Gasteiger partial charge is 0.266 e. The Morgan fingerprint density at radius 3 is 2.64 bits per heavy atom. The average Bonchev–Trinajstić information content (AvgIpc) is 3.32. The van der Waals surface area contributed by atoms with Gasteiger partial charge in [-0.3, -0.25) is 4.79 Å². The van der Waals surface area contributed by atoms with E-state index in [-0.39, 0.29) is 11.6 Å². The van der Waals surface area contributed by atoms with Gasteiger partial charge < -0.3 is 23.9 Å². The molecule has 0 radical (unpaired) electrons. The Morgan fingerprint density at radius 2 is 2.03 bits per heavy atom. The Morgan fingerprint density at radius 1 is 1.30 bits per heavy atom. The van der Waals surface area contributed by atoms with Crippen molar-refractivity contribution in [1.29, 1.82) is 5.26 Å². The van der Waals surface area contributed by atoms with Crippen molar-refractivity contribution in [2.45, 2.75) is 33.4 Å². The van der Waals surface area contributed by atoms with Gasteiger partial charge in [-0.05, 0) is 62.7 Å². The summed E-state index contributed by atoms with van der Waals surface area (Å²) >= 11 is 0. The fourth-order valence-electron chi connectivity index (χ4n) is 3.76. The maximum atomic E-state index is 12.7. The maximum Gasteiger partial charge on any atom is 0.266 e. The number of nitrogens with zero attached hydrogens (tertiary/aromatic N) is 4. The van der Waals surface area contributed by atoms with E-state index in [9.17, 15) is 10.1 Å². The first-order valence-electron chi connectivity index (χ1n) is 10.6. The quantitative estimate of drug-likeness (QED) is 0.392. The van der Waals surface area contributed by atoms with E-state index < -0.39 is 5.91 Å². The number of carbonyl (C=O) groups excluding carboxylic acids is 1. The topological polar surface area (TPSA) is 94.1 Å². The predicted molar refractivity (Wildman–Crippen MR) is 127 cm³/mol. The third-order valence-corrected chi connectivity index (χ3v) is 5.44. The molecule has 2 aromatic heterocycles. The average molecular weight is 448 g/mol. The number of rotatable bonds is 9. The van der Waals surface area contributed by atoms with E-state index in [1.54, 1.807) is 43.6 Å². The molecule has 3 aromatic rings. The van der Waals surface area contributed by atoms with Gasteiger partial charge in [-0.25, -0.2) is 4.98 Å². The Bertz CT molecular complexity index is 1180. The van der Waals surface area contributed by atoms with Gasteiger partial charge in [-0.15, -0.1) is 0 Å². The number of ether oxygens (including phenoxy) is 2. The molecule has 0 aliphatic carbocycles. The first-order chi connectivity index (χ1) is 15.8. The molecule has 8 nitrogen and oxygen atoms in total. The summed E-state index contributed by atoms with van der Waals surface area (Å²) in [6.07, 6.45) is 5.20. The van der Waals surface area contributed by atoms with E-state index in [0.29, 0.717) is 24.7 Å². The summed E-state index contributed by atoms with van der Waals surface area (Å²) in [4.78, 5) is 16.9. The standard InChI is InChI=1S/C25H29N5O3/c1-17-12-20(19(3)30(17)18(2)15-32-5)13-21(14-26)25(31)28-22-6-8-23(9-7-22)33-16-24-27-10-11-29(24)4/h6-13,18H,15-16H2,1-5H3,(H,28,31)/b21-13-. The highest BCUT2D eigenvalue weighted by atomic mass is 16.5. The molecule has 1 aromatic carbocycles. The van der Waals surface area contributed by atoms with Crippen molar-refractivity contribution in [3.05, 3.63) is 71.1 Å². The summed E-state index contributed by atoms with van der Waals surface area (Å²) in [5.74, 6) is 1.01. The van der Waals surface area contributed by atoms with E-state index >= 15 is 0 Å². The molecule has 0 aliphatic heterocycles. The third-order valence-electron chi connectivity index (χ3n) is 5.44. The van der Waals surface area contributed by atoms with Crippen LogP contribution in [0, 0.1) is 25.2 Å². The first-order valence-corrected chi connectivity index (χ1v) is 10.6. The Kier molecular flexibility index (Phi) is 7.70. The SMILES string of the molecule is COCC(C)n1c(C)cc(/C=C(/C#N)C(=O)Nc2ccc(OCc3nccn3C)cc2)c1C. The number of hydrogen-bond acceptors (Lipinski definition) is 5. The number of amides is 1. The van der Waals surface area contributed by atoms with Gasteiger partial charge in [0, 0.05) is 43.6 Å². The van der Waals surface area contributed by atoms with Gasteiger partial charge in [0.25, 0.3) is 5.91 Å². The fraction of sp³-hybridized carbons (Fsp3) is 0.320. The second kappa shape index (κ2) is 10.7. The lowest BCUT2D eigenvalue weighted by atomic mass is 10.1. The fourth-order valence-corrected chi connectivity index (χ4v) is 3.76. The Balaban J connectivity index is 1.69. The molecule has 8 heteroatoms. The van der Waals surface area contributed by atoms with E-state index in [1.165, 1.54) is 0 Å². The van der Waals surface area contributed by atoms with Crippen LogP contribution in [0.1, 0.15) is 35.7 Å². The monoisotopic (exact) mass is 447 g/mol. The first kappa shape index (κ1) is 23.8. The number of benzene rings is 1. The summed E-state index contributed by atoms with van der Waals surface area (Å²) < 4.78 is 15.0. The zero-order valence-corrected chi connectivity index (χ0v) is 19.6. The van der Waals surface area contributed by atoms with Gasteiger partial charge in [0.2, 0.25) is 0 Å². The molecule has 1 unspecified atom stereocenters. The van der Waals surface area contributed by atoms with Crippen molar-refractivity contribution in [1.82, 2.24) is 14.1 Å². The molecular formula is C25H29N5O3. The van der Waals surface area contributed by atoms with Crippen LogP contribution in [0.2, 0.25) is 0 Å². The number of aromatic nitrogens is 3. The minimum atomic E-state index is -0.464. The lowest BCUT2D eigenvalue weighted by Crippen LogP contribution is -2.14. The van der Waals surface area contributed by atoms with E-state index in [1.807, 2.05) is 43.8 Å². The van der Waals surface area contributed by atoms with Crippen molar-refractivity contribution in [3.63, 3.8) is 0 Å². The molecule has 0 spiro atoms. The molecule has 172 valence electrons. The van der Waals surface area contributed by atoms with E-state index in [2.05, 4.69) is 21.8 Å². The summed E-state index contributed by atoms with van der Waals surface area (Å²) in [6.45, 7) is 6.96. The minimum Gasteiger partial charge on any atom is -0.486 e. The molecule has 33 heavy (non-hydrogen) atoms. The van der Waals surface area contributed by atoms with Crippen LogP contribution in [0.15, 0.2) is 48.3 Å². The number of imidazole rings is 1. The van der Waals surface area contributed by atoms with Crippen molar-refractivity contribution in [2.75, 3.05) is 19.0 Å². The van der Waals surface area contributed by atoms with Gasteiger partial charge in [0.05, 0.1) is 12.6 Å². The van der Waals surface area contributed by atoms with Gasteiger partial charge in [0.1, 0.15) is 29.8 Å². The zero-order valence-electron chi connectivity index (χ0n) is 19.6. The van der Waals surface area contributed by atoms with Crippen LogP contribution in [-0.2, 0) is 23.2 Å². The summed E-state index contributed by atoms with van der Waals surface area (Å²) in [7, 11) is 3.57. The molecule has 3 rings (SSSR count). The van der Waals surface area contributed by atoms with Crippen molar-refractivity contribution in [2.24, 2.45) is 7.05 Å². The largest absolute Gasteiger partial charge is 0.486 e. The highest BCUT2D eigenvalue weighted by Gasteiger charge is 2.16. The number of hydrogen-bond donors (Lipinski definition) is 1. The van der Waals surface area contributed by atoms with Crippen LogP contribution in [0.4, 0.5) is 5.69 Å². The summed E-state index contributed by atoms with van der Waals surface area (Å²) in [5.41, 5.74) is 3.46. The lowest BCUT2D eigenvalue weighted by Gasteiger charge is -2.17. The number of aryl methyl sites for hydroxylation is 2. The second-order valence-corrected chi connectivity index (χ2v) is 7.89. The number of nitriles is 1. The number of methoxy groups -OCH3 is 1. The van der Waals surface area contributed by atoms with E-state index in [0.717, 1.165) is 22.8 Å². The van der Waals surface area contributed by atoms with Crippen LogP contribution in [0.3, 0.4) is 0 Å². The van der Waals surface area contributed by atoms with Crippen LogP contribution >= 0.6 is 0 Å². The van der Waals surface area contributed by atoms with Crippen LogP contribution in [0.5, 0.6) is 5.75 Å². The lowest BCUT2D eigenvalue weighted by molar-refractivity contribution is -0.112. The van der Waals surface area contributed by atoms with Crippen LogP contribution in [0.25, 0.3) is 6.08 Å². The number of carbonyl (C=O) groups is 1. The second-order valence-electron chi connectivity index (χ2n) is 7.89. The molecular weight excluding hydrogens is 418 g/mol. The molecule has 0 aliphatic rings. The van der Waals surface area contributed by atoms with Crippen molar-refractivity contribution >= 4 is 17.7 Å². The molecule has 0 bridgehead atoms. The Hall–Kier alpha value is -3.83. The van der Waals surface area contributed by atoms with Gasteiger partial charge >= 0.3 is 0 Å². The summed E-state index contributed by atoms with van der Waals surface area (Å²) in [6, 6.07) is 11.1. The highest BCUT2D eigenvalue weighted by Crippen LogP contribution is 2.23. The zero-order chi connectivity index (χ0) is 24.0. The summed E-state index contributed by atoms with van der Waals surface area (Å²) in [5, 5.41) is 12.4. The van der Waals surface area contributed by atoms with Crippen molar-refractivity contribution < 1.29 is 14.3 Å². The maximum absolute atomic E-state index is 12.7. The van der Waals surface area contributed by atoms with E-state index in [4.69, 9.17) is 9.47 Å². The Labute approximate surface area is 194 Å². The molecule has 2 heterocycles. The molecule has 1 N–H and O–H groups in total. The van der Waals surface area contributed by atoms with Gasteiger partial charge in [-0.2, -0.15) is 5.26 Å². The van der Waals surface area contributed by atoms with Gasteiger partial charge in [0.15, 0.2) is 0 Å². The third kappa shape index (κ3) is 5.70. The molecule has 0 saturated carbocycles. The van der Waals surface area contributed by atoms with Gasteiger partial charge in [-0.1, -0.05) is 0 Å².